The lowest BCUT2D eigenvalue weighted by Gasteiger charge is -2.04. The highest BCUT2D eigenvalue weighted by Gasteiger charge is 1.93. The van der Waals surface area contributed by atoms with E-state index in [1.807, 2.05) is 0 Å². The van der Waals surface area contributed by atoms with Crippen LogP contribution in [0, 0.1) is 0 Å². The third-order valence-corrected chi connectivity index (χ3v) is 1.99. The summed E-state index contributed by atoms with van der Waals surface area (Å²) in [6.45, 7) is 0.252. The molecule has 1 N–H and O–H groups in total. The third kappa shape index (κ3) is 3.98. The van der Waals surface area contributed by atoms with Crippen molar-refractivity contribution in [2.45, 2.75) is 12.1 Å². The molecule has 0 aliphatic rings. The van der Waals surface area contributed by atoms with Crippen LogP contribution < -0.4 is 0 Å². The normalized spacial score (nSPS) is 14.6. The minimum Gasteiger partial charge on any atom is -0.396 e. The van der Waals surface area contributed by atoms with Crippen molar-refractivity contribution in [1.29, 1.82) is 0 Å². The van der Waals surface area contributed by atoms with Gasteiger partial charge in [0.15, 0.2) is 0 Å². The Hall–Kier alpha value is 0.137. The Kier molecular flexibility index (Phi) is 4.38. The van der Waals surface area contributed by atoms with Crippen LogP contribution in [-0.2, 0) is 4.74 Å². The molecule has 0 fully saturated rings. The highest BCUT2D eigenvalue weighted by molar-refractivity contribution is 6.10. The molecule has 1 unspecified atom stereocenters. The summed E-state index contributed by atoms with van der Waals surface area (Å²) in [7, 11) is 2.69. The number of hydrogen-bond donors (Lipinski definition) is 1. The minimum atomic E-state index is 0.252. The summed E-state index contributed by atoms with van der Waals surface area (Å²) in [5, 5.41) is 8.31. The molecule has 0 saturated carbocycles. The van der Waals surface area contributed by atoms with Crippen LogP contribution in [0.15, 0.2) is 0 Å². The fourth-order valence-electron chi connectivity index (χ4n) is 0.300. The molecule has 0 aromatic rings. The molecule has 2 nitrogen and oxygen atoms in total. The molecule has 0 aliphatic carbocycles. The zero-order chi connectivity index (χ0) is 5.70. The maximum absolute atomic E-state index is 8.31. The summed E-state index contributed by atoms with van der Waals surface area (Å²) in [5.41, 5.74) is 0.338. The van der Waals surface area contributed by atoms with Crippen LogP contribution in [0.2, 0.25) is 0 Å². The van der Waals surface area contributed by atoms with Gasteiger partial charge in [0.2, 0.25) is 0 Å². The van der Waals surface area contributed by atoms with E-state index in [0.29, 0.717) is 5.73 Å². The smallest absolute Gasteiger partial charge is 0.0452 e. The lowest BCUT2D eigenvalue weighted by molar-refractivity contribution is 0.135. The van der Waals surface area contributed by atoms with E-state index in [1.54, 1.807) is 7.11 Å². The van der Waals surface area contributed by atoms with Crippen molar-refractivity contribution >= 4 is 10.2 Å². The first-order chi connectivity index (χ1) is 3.31. The predicted molar refractivity (Wildman–Crippen MR) is 32.4 cm³/mol. The second kappa shape index (κ2) is 4.30. The van der Waals surface area contributed by atoms with E-state index < -0.39 is 0 Å². The van der Waals surface area contributed by atoms with Crippen LogP contribution in [0.1, 0.15) is 6.42 Å². The van der Waals surface area contributed by atoms with Crippen molar-refractivity contribution in [1.82, 2.24) is 0 Å². The molecule has 0 radical (unpaired) electrons. The van der Waals surface area contributed by atoms with Gasteiger partial charge in [0, 0.05) is 29.7 Å². The summed E-state index contributed by atoms with van der Waals surface area (Å²) < 4.78 is 4.89. The molecular formula is C4H12O2Si. The predicted octanol–water partition coefficient (Wildman–Crippen LogP) is -1.29. The zero-order valence-corrected chi connectivity index (χ0v) is 6.85. The first kappa shape index (κ1) is 7.14. The lowest BCUT2D eigenvalue weighted by atomic mass is 10.5. The average Bonchev–Trinajstić information content (AvgIpc) is 1.68. The molecule has 0 aromatic carbocycles. The Morgan fingerprint density at radius 2 is 2.43 bits per heavy atom. The van der Waals surface area contributed by atoms with Gasteiger partial charge in [-0.3, -0.25) is 0 Å². The zero-order valence-electron chi connectivity index (χ0n) is 4.85. The standard InChI is InChI=1S/C4H12O2Si/c1-6-4(7)2-3-5/h4-5H,2-3H2,1,7H3. The molecule has 44 valence electrons. The quantitative estimate of drug-likeness (QED) is 0.469. The number of hydrogen-bond acceptors (Lipinski definition) is 2. The summed E-state index contributed by atoms with van der Waals surface area (Å²) >= 11 is 0. The van der Waals surface area contributed by atoms with Gasteiger partial charge in [0.25, 0.3) is 0 Å². The van der Waals surface area contributed by atoms with E-state index in [9.17, 15) is 0 Å². The molecule has 0 spiro atoms. The van der Waals surface area contributed by atoms with Gasteiger partial charge in [-0.1, -0.05) is 0 Å². The van der Waals surface area contributed by atoms with E-state index in [1.165, 1.54) is 0 Å². The van der Waals surface area contributed by atoms with E-state index in [4.69, 9.17) is 9.84 Å². The van der Waals surface area contributed by atoms with Crippen LogP contribution in [0.5, 0.6) is 0 Å². The summed E-state index contributed by atoms with van der Waals surface area (Å²) in [6, 6.07) is 0. The molecule has 0 amide bonds. The molecule has 0 aromatic heterocycles. The van der Waals surface area contributed by atoms with Gasteiger partial charge in [-0.2, -0.15) is 0 Å². The highest BCUT2D eigenvalue weighted by Crippen LogP contribution is 1.86. The second-order valence-corrected chi connectivity index (χ2v) is 2.85. The molecule has 0 saturated heterocycles. The van der Waals surface area contributed by atoms with Crippen LogP contribution in [0.25, 0.3) is 0 Å². The monoisotopic (exact) mass is 120 g/mol. The maximum atomic E-state index is 8.31. The Labute approximate surface area is 46.9 Å². The van der Waals surface area contributed by atoms with E-state index in [0.717, 1.165) is 16.7 Å². The van der Waals surface area contributed by atoms with Crippen molar-refractivity contribution in [2.75, 3.05) is 13.7 Å². The molecule has 3 heteroatoms. The van der Waals surface area contributed by atoms with Crippen molar-refractivity contribution in [2.24, 2.45) is 0 Å². The molecule has 1 atom stereocenters. The van der Waals surface area contributed by atoms with Gasteiger partial charge >= 0.3 is 0 Å². The van der Waals surface area contributed by atoms with Gasteiger partial charge < -0.3 is 9.84 Å². The first-order valence-corrected chi connectivity index (χ1v) is 3.60. The van der Waals surface area contributed by atoms with Crippen molar-refractivity contribution in [3.05, 3.63) is 0 Å². The molecule has 0 aliphatic heterocycles. The van der Waals surface area contributed by atoms with Gasteiger partial charge in [0.05, 0.1) is 0 Å². The highest BCUT2D eigenvalue weighted by atomic mass is 28.1. The first-order valence-electron chi connectivity index (χ1n) is 2.45. The Bertz CT molecular complexity index is 40.7. The number of ether oxygens (including phenoxy) is 1. The second-order valence-electron chi connectivity index (χ2n) is 1.56. The van der Waals surface area contributed by atoms with Gasteiger partial charge in [-0.15, -0.1) is 0 Å². The third-order valence-electron chi connectivity index (χ3n) is 0.938. The van der Waals surface area contributed by atoms with Crippen molar-refractivity contribution in [3.63, 3.8) is 0 Å². The van der Waals surface area contributed by atoms with Gasteiger partial charge in [-0.25, -0.2) is 0 Å². The fraction of sp³-hybridized carbons (Fsp3) is 1.00. The SMILES string of the molecule is COC([SiH3])CCO. The van der Waals surface area contributed by atoms with Crippen molar-refractivity contribution in [3.8, 4) is 0 Å². The number of aliphatic hydroxyl groups excluding tert-OH is 1. The number of aliphatic hydroxyl groups is 1. The number of rotatable bonds is 3. The largest absolute Gasteiger partial charge is 0.396 e. The number of methoxy groups -OCH3 is 1. The Morgan fingerprint density at radius 3 is 2.57 bits per heavy atom. The van der Waals surface area contributed by atoms with E-state index >= 15 is 0 Å². The summed E-state index contributed by atoms with van der Waals surface area (Å²) in [4.78, 5) is 0. The maximum Gasteiger partial charge on any atom is 0.0452 e. The van der Waals surface area contributed by atoms with Crippen LogP contribution >= 0.6 is 0 Å². The van der Waals surface area contributed by atoms with Crippen LogP contribution in [0.4, 0.5) is 0 Å². The van der Waals surface area contributed by atoms with Crippen LogP contribution in [-0.4, -0.2) is 34.8 Å². The van der Waals surface area contributed by atoms with Crippen LogP contribution in [0.3, 0.4) is 0 Å². The fourth-order valence-corrected chi connectivity index (χ4v) is 0.558. The molecule has 0 heterocycles. The molecule has 0 rings (SSSR count). The van der Waals surface area contributed by atoms with Crippen molar-refractivity contribution < 1.29 is 9.84 Å². The minimum absolute atomic E-state index is 0.252. The summed E-state index contributed by atoms with van der Waals surface area (Å²) in [6.07, 6.45) is 0.794. The van der Waals surface area contributed by atoms with E-state index in [-0.39, 0.29) is 6.61 Å². The van der Waals surface area contributed by atoms with E-state index in [2.05, 4.69) is 0 Å². The Balaban J connectivity index is 2.83. The molecular weight excluding hydrogens is 108 g/mol. The lowest BCUT2D eigenvalue weighted by Crippen LogP contribution is -2.11. The van der Waals surface area contributed by atoms with Gasteiger partial charge in [0.1, 0.15) is 0 Å². The molecule has 7 heavy (non-hydrogen) atoms. The topological polar surface area (TPSA) is 29.5 Å². The molecule has 0 bridgehead atoms. The average molecular weight is 120 g/mol. The Morgan fingerprint density at radius 1 is 1.86 bits per heavy atom. The van der Waals surface area contributed by atoms with Gasteiger partial charge in [-0.05, 0) is 6.42 Å². The summed E-state index contributed by atoms with van der Waals surface area (Å²) in [5.74, 6) is 0.